The zero-order valence-corrected chi connectivity index (χ0v) is 8.99. The van der Waals surface area contributed by atoms with E-state index in [4.69, 9.17) is 0 Å². The Balaban J connectivity index is 2.08. The molecular formula is C11H14N4. The van der Waals surface area contributed by atoms with Gasteiger partial charge in [-0.2, -0.15) is 5.10 Å². The van der Waals surface area contributed by atoms with Crippen molar-refractivity contribution in [1.82, 2.24) is 14.6 Å². The highest BCUT2D eigenvalue weighted by Gasteiger charge is 2.37. The lowest BCUT2D eigenvalue weighted by Crippen LogP contribution is -2.17. The van der Waals surface area contributed by atoms with Gasteiger partial charge in [-0.15, -0.1) is 0 Å². The number of aromatic nitrogens is 3. The van der Waals surface area contributed by atoms with Gasteiger partial charge in [-0.3, -0.25) is 0 Å². The highest BCUT2D eigenvalue weighted by molar-refractivity contribution is 5.68. The van der Waals surface area contributed by atoms with E-state index in [1.807, 2.05) is 17.6 Å². The van der Waals surface area contributed by atoms with Crippen molar-refractivity contribution in [2.24, 2.45) is 0 Å². The number of hydrogen-bond donors (Lipinski definition) is 1. The summed E-state index contributed by atoms with van der Waals surface area (Å²) in [4.78, 5) is 4.37. The maximum Gasteiger partial charge on any atom is 0.152 e. The van der Waals surface area contributed by atoms with Gasteiger partial charge < -0.3 is 5.32 Å². The fourth-order valence-corrected chi connectivity index (χ4v) is 1.74. The lowest BCUT2D eigenvalue weighted by atomic mass is 10.3. The molecule has 4 heteroatoms. The van der Waals surface area contributed by atoms with E-state index in [9.17, 15) is 0 Å². The molecule has 3 rings (SSSR count). The molecule has 0 amide bonds. The average Bonchev–Trinajstić information content (AvgIpc) is 2.76. The monoisotopic (exact) mass is 202 g/mol. The van der Waals surface area contributed by atoms with Gasteiger partial charge in [-0.1, -0.05) is 0 Å². The quantitative estimate of drug-likeness (QED) is 0.810. The Morgan fingerprint density at radius 2 is 2.27 bits per heavy atom. The van der Waals surface area contributed by atoms with Crippen molar-refractivity contribution in [2.75, 3.05) is 5.32 Å². The van der Waals surface area contributed by atoms with Crippen LogP contribution in [0.3, 0.4) is 0 Å². The van der Waals surface area contributed by atoms with Gasteiger partial charge in [0.1, 0.15) is 5.52 Å². The van der Waals surface area contributed by atoms with Gasteiger partial charge in [0.25, 0.3) is 0 Å². The molecule has 1 fully saturated rings. The Kier molecular flexibility index (Phi) is 1.58. The number of rotatable bonds is 2. The molecule has 2 aromatic heterocycles. The van der Waals surface area contributed by atoms with Crippen LogP contribution < -0.4 is 5.32 Å². The third kappa shape index (κ3) is 1.46. The summed E-state index contributed by atoms with van der Waals surface area (Å²) in [6.07, 6.45) is 6.11. The smallest absolute Gasteiger partial charge is 0.152 e. The van der Waals surface area contributed by atoms with Crippen molar-refractivity contribution in [2.45, 2.75) is 32.2 Å². The molecule has 15 heavy (non-hydrogen) atoms. The van der Waals surface area contributed by atoms with Crippen LogP contribution in [0.15, 0.2) is 18.5 Å². The first kappa shape index (κ1) is 8.71. The van der Waals surface area contributed by atoms with Gasteiger partial charge in [0.2, 0.25) is 0 Å². The summed E-state index contributed by atoms with van der Waals surface area (Å²) < 4.78 is 1.87. The van der Waals surface area contributed by atoms with E-state index < -0.39 is 0 Å². The summed E-state index contributed by atoms with van der Waals surface area (Å²) in [5.41, 5.74) is 2.34. The van der Waals surface area contributed by atoms with E-state index in [0.717, 1.165) is 17.0 Å². The molecule has 1 saturated carbocycles. The Bertz CT molecular complexity index is 510. The second-order valence-electron chi connectivity index (χ2n) is 4.58. The molecule has 2 heterocycles. The summed E-state index contributed by atoms with van der Waals surface area (Å²) in [5.74, 6) is 0.943. The predicted molar refractivity (Wildman–Crippen MR) is 59.0 cm³/mol. The number of aryl methyl sites for hydroxylation is 1. The number of nitrogens with zero attached hydrogens (tertiary/aromatic N) is 3. The molecule has 0 unspecified atom stereocenters. The predicted octanol–water partition coefficient (Wildman–Crippen LogP) is 2.00. The summed E-state index contributed by atoms with van der Waals surface area (Å²) in [6, 6.07) is 2.06. The molecule has 0 aromatic carbocycles. The van der Waals surface area contributed by atoms with Crippen LogP contribution in [0.4, 0.5) is 5.82 Å². The van der Waals surface area contributed by atoms with E-state index in [-0.39, 0.29) is 5.54 Å². The minimum Gasteiger partial charge on any atom is -0.363 e. The first-order valence-electron chi connectivity index (χ1n) is 5.26. The van der Waals surface area contributed by atoms with Crippen LogP contribution in [0, 0.1) is 6.92 Å². The molecule has 0 spiro atoms. The summed E-state index contributed by atoms with van der Waals surface area (Å²) >= 11 is 0. The average molecular weight is 202 g/mol. The molecule has 0 saturated heterocycles. The van der Waals surface area contributed by atoms with E-state index in [2.05, 4.69) is 28.4 Å². The topological polar surface area (TPSA) is 42.2 Å². The highest BCUT2D eigenvalue weighted by Crippen LogP contribution is 2.38. The molecule has 1 aliphatic rings. The van der Waals surface area contributed by atoms with Crippen LogP contribution in [-0.4, -0.2) is 20.1 Å². The summed E-state index contributed by atoms with van der Waals surface area (Å²) in [7, 11) is 0. The molecule has 0 bridgehead atoms. The summed E-state index contributed by atoms with van der Waals surface area (Å²) in [6.45, 7) is 4.22. The number of anilines is 1. The van der Waals surface area contributed by atoms with Crippen LogP contribution in [-0.2, 0) is 0 Å². The zero-order chi connectivity index (χ0) is 10.5. The first-order chi connectivity index (χ1) is 7.16. The largest absolute Gasteiger partial charge is 0.363 e. The minimum absolute atomic E-state index is 0.257. The molecule has 0 radical (unpaired) electrons. The Hall–Kier alpha value is -1.58. The third-order valence-corrected chi connectivity index (χ3v) is 2.93. The molecule has 1 N–H and O–H groups in total. The lowest BCUT2D eigenvalue weighted by molar-refractivity contribution is 0.817. The van der Waals surface area contributed by atoms with Crippen LogP contribution in [0.25, 0.3) is 5.52 Å². The van der Waals surface area contributed by atoms with Crippen molar-refractivity contribution in [3.8, 4) is 0 Å². The number of nitrogens with one attached hydrogen (secondary N) is 1. The second-order valence-corrected chi connectivity index (χ2v) is 4.58. The van der Waals surface area contributed by atoms with E-state index in [1.54, 1.807) is 6.20 Å². The SMILES string of the molecule is Cc1cc2c(NC3(C)CC3)nccn2n1. The van der Waals surface area contributed by atoms with Gasteiger partial charge in [-0.25, -0.2) is 9.50 Å². The number of fused-ring (bicyclic) bond motifs is 1. The van der Waals surface area contributed by atoms with Crippen LogP contribution in [0.2, 0.25) is 0 Å². The number of hydrogen-bond acceptors (Lipinski definition) is 3. The molecule has 2 aromatic rings. The summed E-state index contributed by atoms with van der Waals surface area (Å²) in [5, 5.41) is 7.84. The van der Waals surface area contributed by atoms with Crippen LogP contribution in [0.5, 0.6) is 0 Å². The molecule has 1 aliphatic carbocycles. The van der Waals surface area contributed by atoms with Gasteiger partial charge in [0.15, 0.2) is 5.82 Å². The van der Waals surface area contributed by atoms with Gasteiger partial charge in [0.05, 0.1) is 5.69 Å². The van der Waals surface area contributed by atoms with Crippen molar-refractivity contribution in [1.29, 1.82) is 0 Å². The fraction of sp³-hybridized carbons (Fsp3) is 0.455. The molecule has 0 atom stereocenters. The van der Waals surface area contributed by atoms with E-state index >= 15 is 0 Å². The van der Waals surface area contributed by atoms with Gasteiger partial charge in [0, 0.05) is 17.9 Å². The van der Waals surface area contributed by atoms with Crippen LogP contribution in [0.1, 0.15) is 25.5 Å². The van der Waals surface area contributed by atoms with Crippen molar-refractivity contribution < 1.29 is 0 Å². The second kappa shape index (κ2) is 2.72. The first-order valence-corrected chi connectivity index (χ1v) is 5.26. The Labute approximate surface area is 88.3 Å². The van der Waals surface area contributed by atoms with Crippen molar-refractivity contribution >= 4 is 11.3 Å². The van der Waals surface area contributed by atoms with E-state index in [1.165, 1.54) is 12.8 Å². The zero-order valence-electron chi connectivity index (χ0n) is 8.99. The maximum atomic E-state index is 4.37. The minimum atomic E-state index is 0.257. The Morgan fingerprint density at radius 1 is 1.47 bits per heavy atom. The molecule has 4 nitrogen and oxygen atoms in total. The standard InChI is InChI=1S/C11H14N4/c1-8-7-9-10(13-11(2)3-4-11)12-5-6-15(9)14-8/h5-7H,3-4H2,1-2H3,(H,12,13). The third-order valence-electron chi connectivity index (χ3n) is 2.93. The lowest BCUT2D eigenvalue weighted by Gasteiger charge is -2.12. The molecule has 0 aliphatic heterocycles. The van der Waals surface area contributed by atoms with Gasteiger partial charge >= 0.3 is 0 Å². The van der Waals surface area contributed by atoms with Crippen molar-refractivity contribution in [3.63, 3.8) is 0 Å². The maximum absolute atomic E-state index is 4.37. The van der Waals surface area contributed by atoms with E-state index in [0.29, 0.717) is 0 Å². The highest BCUT2D eigenvalue weighted by atomic mass is 15.2. The van der Waals surface area contributed by atoms with Gasteiger partial charge in [-0.05, 0) is 32.8 Å². The molecular weight excluding hydrogens is 188 g/mol. The normalized spacial score (nSPS) is 18.0. The van der Waals surface area contributed by atoms with Crippen molar-refractivity contribution in [3.05, 3.63) is 24.2 Å². The van der Waals surface area contributed by atoms with Crippen LogP contribution >= 0.6 is 0 Å². The fourth-order valence-electron chi connectivity index (χ4n) is 1.74. The molecule has 78 valence electrons. The Morgan fingerprint density at radius 3 is 3.00 bits per heavy atom.